The molecule has 1 aromatic carbocycles. The van der Waals surface area contributed by atoms with Gasteiger partial charge in [-0.2, -0.15) is 0 Å². The molecule has 1 N–H and O–H groups in total. The van der Waals surface area contributed by atoms with Crippen LogP contribution in [0.3, 0.4) is 0 Å². The second kappa shape index (κ2) is 6.64. The Labute approximate surface area is 154 Å². The number of nitrogens with zero attached hydrogens (tertiary/aromatic N) is 3. The maximum Gasteiger partial charge on any atom is 0.279 e. The molecular weight excluding hydrogens is 348 g/mol. The molecule has 1 aliphatic rings. The highest BCUT2D eigenvalue weighted by atomic mass is 32.1. The second-order valence-corrected chi connectivity index (χ2v) is 7.87. The summed E-state index contributed by atoms with van der Waals surface area (Å²) >= 11 is 1.56. The van der Waals surface area contributed by atoms with E-state index >= 15 is 0 Å². The lowest BCUT2D eigenvalue weighted by Crippen LogP contribution is -2.30. The molecular formula is C19H20N4O2S. The van der Waals surface area contributed by atoms with Gasteiger partial charge in [0, 0.05) is 10.6 Å². The fourth-order valence-corrected chi connectivity index (χ4v) is 4.56. The minimum Gasteiger partial charge on any atom is -0.324 e. The Balaban J connectivity index is 1.60. The smallest absolute Gasteiger partial charge is 0.279 e. The van der Waals surface area contributed by atoms with E-state index in [-0.39, 0.29) is 18.0 Å². The van der Waals surface area contributed by atoms with Gasteiger partial charge in [-0.25, -0.2) is 4.68 Å². The summed E-state index contributed by atoms with van der Waals surface area (Å²) in [6.45, 7) is 3.88. The number of anilines is 1. The van der Waals surface area contributed by atoms with Crippen LogP contribution in [0.25, 0.3) is 10.2 Å². The Morgan fingerprint density at radius 1 is 1.23 bits per heavy atom. The SMILES string of the molecule is Cc1ccc(NC(=O)Cn2nnc3sc4c(c3c2=O)CCCC4)cc1C. The van der Waals surface area contributed by atoms with Crippen molar-refractivity contribution in [2.24, 2.45) is 0 Å². The van der Waals surface area contributed by atoms with Crippen LogP contribution in [0.5, 0.6) is 0 Å². The third kappa shape index (κ3) is 3.03. The number of fused-ring (bicyclic) bond motifs is 3. The Morgan fingerprint density at radius 3 is 2.85 bits per heavy atom. The van der Waals surface area contributed by atoms with Crippen LogP contribution in [0.15, 0.2) is 23.0 Å². The summed E-state index contributed by atoms with van der Waals surface area (Å²) in [6.07, 6.45) is 4.15. The van der Waals surface area contributed by atoms with Crippen molar-refractivity contribution in [1.29, 1.82) is 0 Å². The lowest BCUT2D eigenvalue weighted by molar-refractivity contribution is -0.117. The van der Waals surface area contributed by atoms with Crippen LogP contribution >= 0.6 is 11.3 Å². The van der Waals surface area contributed by atoms with E-state index in [4.69, 9.17) is 0 Å². The van der Waals surface area contributed by atoms with E-state index in [1.807, 2.05) is 32.0 Å². The normalized spacial score (nSPS) is 13.6. The minimum atomic E-state index is -0.284. The number of nitrogens with one attached hydrogen (secondary N) is 1. The molecule has 0 atom stereocenters. The molecule has 0 fully saturated rings. The molecule has 2 aromatic heterocycles. The number of aromatic nitrogens is 3. The Bertz CT molecular complexity index is 1070. The number of carbonyl (C=O) groups is 1. The average molecular weight is 368 g/mol. The summed E-state index contributed by atoms with van der Waals surface area (Å²) in [7, 11) is 0. The molecule has 26 heavy (non-hydrogen) atoms. The number of rotatable bonds is 3. The van der Waals surface area contributed by atoms with Crippen molar-refractivity contribution in [3.8, 4) is 0 Å². The van der Waals surface area contributed by atoms with E-state index in [0.717, 1.165) is 42.4 Å². The largest absolute Gasteiger partial charge is 0.324 e. The van der Waals surface area contributed by atoms with Gasteiger partial charge in [0.2, 0.25) is 5.91 Å². The van der Waals surface area contributed by atoms with Crippen molar-refractivity contribution in [3.63, 3.8) is 0 Å². The highest BCUT2D eigenvalue weighted by Gasteiger charge is 2.21. The molecule has 0 aliphatic heterocycles. The average Bonchev–Trinajstić information content (AvgIpc) is 3.00. The van der Waals surface area contributed by atoms with E-state index < -0.39 is 0 Å². The van der Waals surface area contributed by atoms with Crippen LogP contribution in [0.4, 0.5) is 5.69 Å². The fourth-order valence-electron chi connectivity index (χ4n) is 3.37. The number of amides is 1. The summed E-state index contributed by atoms with van der Waals surface area (Å²) in [5, 5.41) is 11.6. The monoisotopic (exact) mass is 368 g/mol. The number of benzene rings is 1. The molecule has 0 saturated heterocycles. The number of hydrogen-bond acceptors (Lipinski definition) is 5. The summed E-state index contributed by atoms with van der Waals surface area (Å²) in [5.74, 6) is -0.284. The predicted molar refractivity (Wildman–Crippen MR) is 103 cm³/mol. The summed E-state index contributed by atoms with van der Waals surface area (Å²) < 4.78 is 1.17. The summed E-state index contributed by atoms with van der Waals surface area (Å²) in [4.78, 5) is 27.1. The lowest BCUT2D eigenvalue weighted by atomic mass is 9.97. The van der Waals surface area contributed by atoms with Gasteiger partial charge in [-0.15, -0.1) is 16.4 Å². The van der Waals surface area contributed by atoms with Crippen molar-refractivity contribution < 1.29 is 4.79 Å². The van der Waals surface area contributed by atoms with Crippen LogP contribution < -0.4 is 10.9 Å². The van der Waals surface area contributed by atoms with E-state index in [1.165, 1.54) is 9.56 Å². The van der Waals surface area contributed by atoms with Gasteiger partial charge >= 0.3 is 0 Å². The topological polar surface area (TPSA) is 76.9 Å². The van der Waals surface area contributed by atoms with Gasteiger partial charge in [0.05, 0.1) is 5.39 Å². The first-order chi connectivity index (χ1) is 12.5. The van der Waals surface area contributed by atoms with Crippen LogP contribution in [0, 0.1) is 13.8 Å². The zero-order chi connectivity index (χ0) is 18.3. The molecule has 3 aromatic rings. The first-order valence-electron chi connectivity index (χ1n) is 8.78. The van der Waals surface area contributed by atoms with E-state index in [2.05, 4.69) is 15.6 Å². The number of hydrogen-bond donors (Lipinski definition) is 1. The van der Waals surface area contributed by atoms with Gasteiger partial charge in [0.25, 0.3) is 5.56 Å². The first-order valence-corrected chi connectivity index (χ1v) is 9.60. The second-order valence-electron chi connectivity index (χ2n) is 6.79. The van der Waals surface area contributed by atoms with Crippen molar-refractivity contribution in [2.45, 2.75) is 46.1 Å². The third-order valence-corrected chi connectivity index (χ3v) is 6.10. The van der Waals surface area contributed by atoms with E-state index in [9.17, 15) is 9.59 Å². The Morgan fingerprint density at radius 2 is 2.04 bits per heavy atom. The van der Waals surface area contributed by atoms with Crippen LogP contribution in [0.1, 0.15) is 34.4 Å². The molecule has 0 spiro atoms. The summed E-state index contributed by atoms with van der Waals surface area (Å²) in [6, 6.07) is 5.73. The van der Waals surface area contributed by atoms with Crippen molar-refractivity contribution in [1.82, 2.24) is 15.0 Å². The van der Waals surface area contributed by atoms with Gasteiger partial charge in [-0.05, 0) is 68.4 Å². The molecule has 0 unspecified atom stereocenters. The molecule has 7 heteroatoms. The molecule has 4 rings (SSSR count). The van der Waals surface area contributed by atoms with Gasteiger partial charge in [-0.3, -0.25) is 9.59 Å². The quantitative estimate of drug-likeness (QED) is 0.771. The summed E-state index contributed by atoms with van der Waals surface area (Å²) in [5.41, 5.74) is 3.88. The van der Waals surface area contributed by atoms with Crippen LogP contribution in [-0.4, -0.2) is 20.9 Å². The van der Waals surface area contributed by atoms with Crippen LogP contribution in [-0.2, 0) is 24.2 Å². The number of carbonyl (C=O) groups excluding carboxylic acids is 1. The van der Waals surface area contributed by atoms with Crippen molar-refractivity contribution in [2.75, 3.05) is 5.32 Å². The van der Waals surface area contributed by atoms with E-state index in [1.54, 1.807) is 11.3 Å². The first kappa shape index (κ1) is 16.9. The maximum atomic E-state index is 12.8. The molecule has 0 radical (unpaired) electrons. The van der Waals surface area contributed by atoms with Crippen molar-refractivity contribution >= 4 is 33.1 Å². The Kier molecular flexibility index (Phi) is 4.32. The number of thiophene rings is 1. The van der Waals surface area contributed by atoms with Gasteiger partial charge in [-0.1, -0.05) is 11.3 Å². The van der Waals surface area contributed by atoms with Gasteiger partial charge in [0.1, 0.15) is 6.54 Å². The molecule has 2 heterocycles. The van der Waals surface area contributed by atoms with E-state index in [0.29, 0.717) is 15.9 Å². The highest BCUT2D eigenvalue weighted by Crippen LogP contribution is 2.33. The van der Waals surface area contributed by atoms with Gasteiger partial charge < -0.3 is 5.32 Å². The lowest BCUT2D eigenvalue weighted by Gasteiger charge is -2.10. The molecule has 1 amide bonds. The van der Waals surface area contributed by atoms with Crippen molar-refractivity contribution in [3.05, 3.63) is 50.1 Å². The third-order valence-electron chi connectivity index (χ3n) is 4.93. The zero-order valence-electron chi connectivity index (χ0n) is 14.8. The van der Waals surface area contributed by atoms with Gasteiger partial charge in [0.15, 0.2) is 4.83 Å². The zero-order valence-corrected chi connectivity index (χ0v) is 15.7. The van der Waals surface area contributed by atoms with Crippen LogP contribution in [0.2, 0.25) is 0 Å². The standard InChI is InChI=1S/C19H20N4O2S/c1-11-7-8-13(9-12(11)2)20-16(24)10-23-19(25)17-14-5-3-4-6-15(14)26-18(17)21-22-23/h7-9H,3-6,10H2,1-2H3,(H,20,24). The number of aryl methyl sites for hydroxylation is 4. The molecule has 0 bridgehead atoms. The molecule has 6 nitrogen and oxygen atoms in total. The maximum absolute atomic E-state index is 12.8. The fraction of sp³-hybridized carbons (Fsp3) is 0.368. The minimum absolute atomic E-state index is 0.140. The predicted octanol–water partition coefficient (Wildman–Crippen LogP) is 2.99. The molecule has 0 saturated carbocycles. The molecule has 134 valence electrons. The molecule has 1 aliphatic carbocycles. The highest BCUT2D eigenvalue weighted by molar-refractivity contribution is 7.18. The Hall–Kier alpha value is -2.54.